The minimum absolute atomic E-state index is 0.0674. The lowest BCUT2D eigenvalue weighted by Gasteiger charge is -2.26. The van der Waals surface area contributed by atoms with Crippen LogP contribution in [0.1, 0.15) is 11.1 Å². The number of halogens is 2. The van der Waals surface area contributed by atoms with Crippen molar-refractivity contribution in [1.29, 1.82) is 5.26 Å². The number of aromatic nitrogens is 1. The van der Waals surface area contributed by atoms with Crippen LogP contribution in [0.4, 0.5) is 31.4 Å². The van der Waals surface area contributed by atoms with Crippen LogP contribution in [0.25, 0.3) is 0 Å². The number of hydrogen-bond acceptors (Lipinski definition) is 10. The van der Waals surface area contributed by atoms with Crippen molar-refractivity contribution in [1.82, 2.24) is 9.88 Å². The van der Waals surface area contributed by atoms with Crippen LogP contribution >= 0.6 is 22.9 Å². The number of rotatable bonds is 13. The molecule has 0 radical (unpaired) electrons. The van der Waals surface area contributed by atoms with E-state index in [0.29, 0.717) is 34.0 Å². The molecule has 0 saturated carbocycles. The van der Waals surface area contributed by atoms with E-state index in [0.717, 1.165) is 32.7 Å². The normalized spacial score (nSPS) is 11.0. The first-order valence-electron chi connectivity index (χ1n) is 13.5. The van der Waals surface area contributed by atoms with Gasteiger partial charge in [-0.3, -0.25) is 0 Å². The molecule has 1 heterocycles. The van der Waals surface area contributed by atoms with Crippen LogP contribution in [0.15, 0.2) is 65.0 Å². The summed E-state index contributed by atoms with van der Waals surface area (Å²) in [5, 5.41) is 23.3. The Morgan fingerprint density at radius 2 is 1.87 bits per heavy atom. The van der Waals surface area contributed by atoms with Crippen LogP contribution in [-0.2, 0) is 16.6 Å². The van der Waals surface area contributed by atoms with Gasteiger partial charge in [-0.1, -0.05) is 11.6 Å². The van der Waals surface area contributed by atoms with Crippen molar-refractivity contribution >= 4 is 61.2 Å². The molecule has 0 atom stereocenters. The molecule has 1 aromatic heterocycles. The average Bonchev–Trinajstić information content (AvgIpc) is 3.58. The predicted octanol–water partition coefficient (Wildman–Crippen LogP) is 6.01. The first kappa shape index (κ1) is 34.1. The zero-order valence-corrected chi connectivity index (χ0v) is 27.6. The van der Waals surface area contributed by atoms with Crippen LogP contribution in [-0.4, -0.2) is 70.9 Å². The largest absolute Gasteiger partial charge is 0.497 e. The average molecular weight is 689 g/mol. The van der Waals surface area contributed by atoms with E-state index in [1.807, 2.05) is 0 Å². The Labute approximate surface area is 274 Å². The topological polar surface area (TPSA) is 148 Å². The number of carbonyl (C=O) groups is 1. The number of sulfonamides is 1. The lowest BCUT2D eigenvalue weighted by Crippen LogP contribution is -2.34. The molecule has 0 aliphatic rings. The second-order valence-electron chi connectivity index (χ2n) is 9.86. The summed E-state index contributed by atoms with van der Waals surface area (Å²) in [6, 6.07) is 13.7. The van der Waals surface area contributed by atoms with E-state index < -0.39 is 26.8 Å². The third-order valence-corrected chi connectivity index (χ3v) is 9.91. The Hall–Kier alpha value is -4.78. The summed E-state index contributed by atoms with van der Waals surface area (Å²) in [6.07, 6.45) is 0.349. The molecule has 1 amide bonds. The van der Waals surface area contributed by atoms with Crippen molar-refractivity contribution in [3.63, 3.8) is 0 Å². The number of nitrogens with one attached hydrogen (secondary N) is 1. The van der Waals surface area contributed by atoms with Crippen LogP contribution in [0.3, 0.4) is 0 Å². The number of amides is 1. The van der Waals surface area contributed by atoms with Gasteiger partial charge in [0.05, 0.1) is 54.5 Å². The fraction of sp³-hybridized carbons (Fsp3) is 0.233. The Balaban J connectivity index is 1.69. The van der Waals surface area contributed by atoms with Gasteiger partial charge in [-0.15, -0.1) is 11.3 Å². The first-order chi connectivity index (χ1) is 21.9. The number of likely N-dealkylation sites (N-methyl/N-ethyl adjacent to an activating group) is 2. The summed E-state index contributed by atoms with van der Waals surface area (Å²) < 4.78 is 55.5. The molecule has 4 aromatic rings. The number of hydrogen-bond donors (Lipinski definition) is 2. The van der Waals surface area contributed by atoms with E-state index in [-0.39, 0.29) is 35.5 Å². The summed E-state index contributed by atoms with van der Waals surface area (Å²) in [5.74, 6) is -0.192. The minimum Gasteiger partial charge on any atom is -0.497 e. The highest BCUT2D eigenvalue weighted by Crippen LogP contribution is 2.37. The molecule has 242 valence electrons. The van der Waals surface area contributed by atoms with Gasteiger partial charge in [-0.05, 0) is 36.4 Å². The molecule has 12 nitrogen and oxygen atoms in total. The molecule has 2 N–H and O–H groups in total. The third kappa shape index (κ3) is 7.53. The second kappa shape index (κ2) is 14.5. The number of nitriles is 1. The smallest absolute Gasteiger partial charge is 0.407 e. The fourth-order valence-electron chi connectivity index (χ4n) is 4.36. The van der Waals surface area contributed by atoms with Crippen LogP contribution in [0.5, 0.6) is 11.5 Å². The molecule has 0 aliphatic carbocycles. The Morgan fingerprint density at radius 3 is 2.50 bits per heavy atom. The lowest BCUT2D eigenvalue weighted by atomic mass is 10.1. The highest BCUT2D eigenvalue weighted by Gasteiger charge is 2.32. The summed E-state index contributed by atoms with van der Waals surface area (Å²) in [7, 11) is 1.53. The molecule has 16 heteroatoms. The van der Waals surface area contributed by atoms with Crippen molar-refractivity contribution in [2.45, 2.75) is 11.4 Å². The maximum atomic E-state index is 15.8. The van der Waals surface area contributed by atoms with Gasteiger partial charge in [0.25, 0.3) is 10.0 Å². The number of ether oxygens (including phenoxy) is 2. The maximum Gasteiger partial charge on any atom is 0.407 e. The molecule has 0 aliphatic heterocycles. The summed E-state index contributed by atoms with van der Waals surface area (Å²) in [5.41, 5.74) is 1.83. The summed E-state index contributed by atoms with van der Waals surface area (Å²) in [4.78, 5) is 17.6. The standard InChI is InChI=1S/C30H30ClFN6O6S2/c1-36(10-11-37(2)30(39)40)26-13-19(17-33)5-8-24(26)35-25-16-23(32)28(15-22(25)31)46(41,42)38(29-34-9-12-45-29)18-20-6-7-21(43-3)14-27(20)44-4/h5-9,12-16,35H,10-11,18H2,1-4H3,(H,39,40). The highest BCUT2D eigenvalue weighted by atomic mass is 35.5. The maximum absolute atomic E-state index is 15.8. The van der Waals surface area contributed by atoms with Crippen molar-refractivity contribution in [3.05, 3.63) is 82.1 Å². The fourth-order valence-corrected chi connectivity index (χ4v) is 6.97. The highest BCUT2D eigenvalue weighted by molar-refractivity contribution is 7.93. The van der Waals surface area contributed by atoms with Crippen LogP contribution in [0, 0.1) is 17.1 Å². The zero-order chi connectivity index (χ0) is 33.6. The number of anilines is 4. The van der Waals surface area contributed by atoms with E-state index >= 15 is 4.39 Å². The van der Waals surface area contributed by atoms with E-state index in [1.54, 1.807) is 53.7 Å². The molecule has 0 saturated heterocycles. The van der Waals surface area contributed by atoms with Crippen LogP contribution in [0.2, 0.25) is 5.02 Å². The van der Waals surface area contributed by atoms with Gasteiger partial charge in [-0.2, -0.15) is 5.26 Å². The SMILES string of the molecule is COc1ccc(CN(c2nccs2)S(=O)(=O)c2cc(Cl)c(Nc3ccc(C#N)cc3N(C)CCN(C)C(=O)O)cc2F)c(OC)c1. The lowest BCUT2D eigenvalue weighted by molar-refractivity contribution is 0.157. The minimum atomic E-state index is -4.55. The Morgan fingerprint density at radius 1 is 1.11 bits per heavy atom. The van der Waals surface area contributed by atoms with Gasteiger partial charge in [0, 0.05) is 56.5 Å². The van der Waals surface area contributed by atoms with Crippen LogP contribution < -0.4 is 24.0 Å². The molecule has 0 unspecified atom stereocenters. The van der Waals surface area contributed by atoms with Gasteiger partial charge in [0.15, 0.2) is 5.13 Å². The molecule has 4 rings (SSSR count). The van der Waals surface area contributed by atoms with Crippen molar-refractivity contribution in [3.8, 4) is 17.6 Å². The van der Waals surface area contributed by atoms with E-state index in [1.165, 1.54) is 27.5 Å². The van der Waals surface area contributed by atoms with Crippen molar-refractivity contribution in [2.24, 2.45) is 0 Å². The number of thiazole rings is 1. The summed E-state index contributed by atoms with van der Waals surface area (Å²) in [6.45, 7) is 0.220. The molecule has 0 bridgehead atoms. The van der Waals surface area contributed by atoms with Gasteiger partial charge in [0.1, 0.15) is 22.2 Å². The molecule has 3 aromatic carbocycles. The molecular weight excluding hydrogens is 659 g/mol. The molecular formula is C30H30ClFN6O6S2. The Kier molecular flexibility index (Phi) is 10.8. The third-order valence-electron chi connectivity index (χ3n) is 6.94. The van der Waals surface area contributed by atoms with Gasteiger partial charge < -0.3 is 29.7 Å². The molecule has 46 heavy (non-hydrogen) atoms. The monoisotopic (exact) mass is 688 g/mol. The van der Waals surface area contributed by atoms with Gasteiger partial charge >= 0.3 is 6.09 Å². The van der Waals surface area contributed by atoms with Crippen molar-refractivity contribution < 1.29 is 32.2 Å². The number of methoxy groups -OCH3 is 2. The number of nitrogens with zero attached hydrogens (tertiary/aromatic N) is 5. The van der Waals surface area contributed by atoms with Crippen molar-refractivity contribution in [2.75, 3.05) is 55.9 Å². The zero-order valence-electron chi connectivity index (χ0n) is 25.2. The summed E-state index contributed by atoms with van der Waals surface area (Å²) >= 11 is 7.62. The van der Waals surface area contributed by atoms with E-state index in [4.69, 9.17) is 21.1 Å². The second-order valence-corrected chi connectivity index (χ2v) is 13.0. The predicted molar refractivity (Wildman–Crippen MR) is 175 cm³/mol. The number of carboxylic acid groups (broad SMARTS) is 1. The Bertz CT molecular complexity index is 1870. The quantitative estimate of drug-likeness (QED) is 0.171. The molecule has 0 fully saturated rings. The first-order valence-corrected chi connectivity index (χ1v) is 16.2. The van der Waals surface area contributed by atoms with Gasteiger partial charge in [-0.25, -0.2) is 26.9 Å². The molecule has 0 spiro atoms. The van der Waals surface area contributed by atoms with Gasteiger partial charge in [0.2, 0.25) is 0 Å². The number of benzene rings is 3. The van der Waals surface area contributed by atoms with E-state index in [2.05, 4.69) is 16.4 Å². The van der Waals surface area contributed by atoms with E-state index in [9.17, 15) is 23.6 Å².